The van der Waals surface area contributed by atoms with E-state index in [-0.39, 0.29) is 34.5 Å². The summed E-state index contributed by atoms with van der Waals surface area (Å²) in [7, 11) is 0. The van der Waals surface area contributed by atoms with Gasteiger partial charge in [0.25, 0.3) is 0 Å². The van der Waals surface area contributed by atoms with Crippen molar-refractivity contribution in [1.82, 2.24) is 5.32 Å². The second-order valence-electron chi connectivity index (χ2n) is 18.1. The molecule has 2 aliphatic carbocycles. The number of carbonyl (C=O) groups excluding carboxylic acids is 3. The number of unbranched alkanes of at least 4 members (excludes halogenated alkanes) is 2. The number of ketones is 1. The molecule has 8 nitrogen and oxygen atoms in total. The number of hydrogen-bond acceptors (Lipinski definition) is 5. The predicted octanol–water partition coefficient (Wildman–Crippen LogP) is 13.8. The number of nitrogens with one attached hydrogen (secondary N) is 2. The van der Waals surface area contributed by atoms with Gasteiger partial charge in [-0.05, 0) is 97.4 Å². The highest BCUT2D eigenvalue weighted by molar-refractivity contribution is 6.40. The molecule has 3 aromatic carbocycles. The number of aliphatic hydroxyl groups excluding tert-OH is 1. The zero-order chi connectivity index (χ0) is 46.5. The van der Waals surface area contributed by atoms with Gasteiger partial charge in [0.15, 0.2) is 6.54 Å². The minimum Gasteiger partial charge on any atom is -0.506 e. The largest absolute Gasteiger partial charge is 0.506 e. The summed E-state index contributed by atoms with van der Waals surface area (Å²) in [4.78, 5) is 42.2. The van der Waals surface area contributed by atoms with Gasteiger partial charge >= 0.3 is 0 Å². The van der Waals surface area contributed by atoms with E-state index in [0.29, 0.717) is 46.2 Å². The third-order valence-electron chi connectivity index (χ3n) is 13.4. The first kappa shape index (κ1) is 49.5. The van der Waals surface area contributed by atoms with Crippen molar-refractivity contribution < 1.29 is 24.1 Å². The second-order valence-corrected chi connectivity index (χ2v) is 18.1. The molecule has 2 aliphatic rings. The molecular formula is C56H75N4O4+. The Morgan fingerprint density at radius 3 is 1.94 bits per heavy atom. The van der Waals surface area contributed by atoms with Gasteiger partial charge in [0.2, 0.25) is 29.0 Å². The van der Waals surface area contributed by atoms with Crippen LogP contribution in [0.15, 0.2) is 108 Å². The van der Waals surface area contributed by atoms with Crippen LogP contribution in [-0.2, 0) is 14.4 Å². The molecule has 0 radical (unpaired) electrons. The van der Waals surface area contributed by atoms with Crippen LogP contribution in [0.2, 0.25) is 0 Å². The maximum absolute atomic E-state index is 14.4. The Morgan fingerprint density at radius 2 is 1.36 bits per heavy atom. The summed E-state index contributed by atoms with van der Waals surface area (Å²) in [5.74, 6) is 0.718. The van der Waals surface area contributed by atoms with Gasteiger partial charge in [-0.2, -0.15) is 4.58 Å². The van der Waals surface area contributed by atoms with Crippen LogP contribution >= 0.6 is 0 Å². The van der Waals surface area contributed by atoms with E-state index < -0.39 is 0 Å². The van der Waals surface area contributed by atoms with Crippen molar-refractivity contribution in [2.24, 2.45) is 11.8 Å². The number of aliphatic hydroxyl groups is 1. The Bertz CT molecular complexity index is 2280. The van der Waals surface area contributed by atoms with Crippen LogP contribution in [0.5, 0.6) is 0 Å². The Balaban J connectivity index is 1.59. The maximum Gasteiger partial charge on any atom is 0.221 e. The van der Waals surface area contributed by atoms with Crippen molar-refractivity contribution in [1.29, 1.82) is 0 Å². The number of rotatable bonds is 22. The molecule has 0 aromatic heterocycles. The van der Waals surface area contributed by atoms with E-state index in [1.54, 1.807) is 0 Å². The van der Waals surface area contributed by atoms with E-state index in [1.165, 1.54) is 44.2 Å². The van der Waals surface area contributed by atoms with E-state index in [0.717, 1.165) is 80.8 Å². The van der Waals surface area contributed by atoms with Gasteiger partial charge in [-0.25, -0.2) is 0 Å². The first-order valence-electron chi connectivity index (χ1n) is 24.2. The van der Waals surface area contributed by atoms with Crippen molar-refractivity contribution in [3.8, 4) is 0 Å². The summed E-state index contributed by atoms with van der Waals surface area (Å²) in [6.07, 6.45) is 16.8. The van der Waals surface area contributed by atoms with Gasteiger partial charge in [-0.1, -0.05) is 112 Å². The number of Topliss-reactive ketones (excluding diaryl/α,β-unsaturated/α-hetero) is 1. The minimum absolute atomic E-state index is 0.128. The molecule has 3 aromatic rings. The predicted molar refractivity (Wildman–Crippen MR) is 267 cm³/mol. The van der Waals surface area contributed by atoms with Gasteiger partial charge in [-0.15, -0.1) is 0 Å². The van der Waals surface area contributed by atoms with Gasteiger partial charge in [0.1, 0.15) is 5.76 Å². The molecular weight excluding hydrogens is 793 g/mol. The molecule has 2 amide bonds. The summed E-state index contributed by atoms with van der Waals surface area (Å²) in [6.45, 7) is 22.3. The van der Waals surface area contributed by atoms with E-state index in [2.05, 4.69) is 124 Å². The SMILES string of the molecule is CCCCC(CC)CN(c1ccc(C(C)CC)cc1)c1ccc(C2=C(O)C(=C3C=CC(=[N+](CC(C)CC)c4ccc(C(CC)CCCC)cc4)C=C3NC(C)=O)C2=O)c(NC(C)=O)c1. The number of amides is 2. The summed E-state index contributed by atoms with van der Waals surface area (Å²) in [5, 5.41) is 17.8. The number of nitrogens with zero attached hydrogens (tertiary/aromatic N) is 2. The Morgan fingerprint density at radius 1 is 0.719 bits per heavy atom. The molecule has 4 atom stereocenters. The van der Waals surface area contributed by atoms with Crippen molar-refractivity contribution in [2.75, 3.05) is 23.3 Å². The Labute approximate surface area is 384 Å². The topological polar surface area (TPSA) is 102 Å². The van der Waals surface area contributed by atoms with Crippen molar-refractivity contribution >= 4 is 51.6 Å². The van der Waals surface area contributed by atoms with Crippen molar-refractivity contribution in [3.05, 3.63) is 124 Å². The second kappa shape index (κ2) is 23.4. The summed E-state index contributed by atoms with van der Waals surface area (Å²) in [6, 6.07) is 23.4. The third kappa shape index (κ3) is 12.0. The van der Waals surface area contributed by atoms with Crippen molar-refractivity contribution in [3.63, 3.8) is 0 Å². The van der Waals surface area contributed by atoms with Crippen LogP contribution in [0.3, 0.4) is 0 Å². The number of allylic oxidation sites excluding steroid dienone is 5. The van der Waals surface area contributed by atoms with Gasteiger partial charge in [0, 0.05) is 73.1 Å². The van der Waals surface area contributed by atoms with Crippen LogP contribution in [0.4, 0.5) is 22.7 Å². The van der Waals surface area contributed by atoms with Gasteiger partial charge in [-0.3, -0.25) is 14.4 Å². The molecule has 0 heterocycles. The first-order valence-corrected chi connectivity index (χ1v) is 24.2. The molecule has 0 saturated carbocycles. The maximum atomic E-state index is 14.4. The van der Waals surface area contributed by atoms with Crippen molar-refractivity contribution in [2.45, 2.75) is 145 Å². The highest BCUT2D eigenvalue weighted by Crippen LogP contribution is 2.44. The quantitative estimate of drug-likeness (QED) is 0.0690. The smallest absolute Gasteiger partial charge is 0.221 e. The van der Waals surface area contributed by atoms with E-state index in [4.69, 9.17) is 0 Å². The lowest BCUT2D eigenvalue weighted by Gasteiger charge is -2.31. The lowest BCUT2D eigenvalue weighted by atomic mass is 9.78. The molecule has 342 valence electrons. The van der Waals surface area contributed by atoms with E-state index in [1.807, 2.05) is 36.4 Å². The van der Waals surface area contributed by atoms with Crippen LogP contribution in [0.1, 0.15) is 162 Å². The Kier molecular flexibility index (Phi) is 18.1. The standard InChI is InChI=1S/C56H74N4O4/c1-11-17-19-41(15-5)36-60(46-25-21-43(22-26-46)38(8)14-4)48-30-32-50(52(34-48)58-40(10)62)54-55(63)53(56(54)64)49-31-29-47(33-51(49)57-39(9)61)59(35-37(7)13-3)45-27-23-44(24-28-45)42(16-6)20-18-12-2/h21-34,37-38,41-42H,11-20,35-36H2,1-10H3,(H2,57,58,61,62,63,64)/p+1. The molecule has 64 heavy (non-hydrogen) atoms. The fourth-order valence-electron chi connectivity index (χ4n) is 8.86. The summed E-state index contributed by atoms with van der Waals surface area (Å²) < 4.78 is 2.27. The molecule has 0 fully saturated rings. The van der Waals surface area contributed by atoms with Gasteiger partial charge in [0.05, 0.1) is 22.5 Å². The molecule has 0 aliphatic heterocycles. The van der Waals surface area contributed by atoms with E-state index in [9.17, 15) is 19.5 Å². The highest BCUT2D eigenvalue weighted by Gasteiger charge is 2.40. The van der Waals surface area contributed by atoms with E-state index >= 15 is 0 Å². The fourth-order valence-corrected chi connectivity index (χ4v) is 8.86. The average Bonchev–Trinajstić information content (AvgIpc) is 3.29. The third-order valence-corrected chi connectivity index (χ3v) is 13.4. The summed E-state index contributed by atoms with van der Waals surface area (Å²) in [5.41, 5.74) is 8.54. The monoisotopic (exact) mass is 868 g/mol. The zero-order valence-corrected chi connectivity index (χ0v) is 40.4. The molecule has 0 spiro atoms. The van der Waals surface area contributed by atoms with Crippen LogP contribution in [0.25, 0.3) is 5.57 Å². The van der Waals surface area contributed by atoms with Crippen LogP contribution < -0.4 is 15.5 Å². The average molecular weight is 868 g/mol. The lowest BCUT2D eigenvalue weighted by Crippen LogP contribution is -2.30. The number of carbonyl (C=O) groups is 3. The molecule has 0 bridgehead atoms. The fraction of sp³-hybridized carbons (Fsp3) is 0.464. The normalized spacial score (nSPS) is 17.6. The first-order chi connectivity index (χ1) is 30.8. The molecule has 8 heteroatoms. The number of anilines is 3. The number of hydrogen-bond donors (Lipinski definition) is 3. The summed E-state index contributed by atoms with van der Waals surface area (Å²) >= 11 is 0. The lowest BCUT2D eigenvalue weighted by molar-refractivity contribution is -0.447. The van der Waals surface area contributed by atoms with Crippen LogP contribution in [-0.4, -0.2) is 46.1 Å². The minimum atomic E-state index is -0.361. The van der Waals surface area contributed by atoms with Crippen LogP contribution in [0, 0.1) is 11.8 Å². The zero-order valence-electron chi connectivity index (χ0n) is 40.4. The molecule has 0 saturated heterocycles. The highest BCUT2D eigenvalue weighted by atomic mass is 16.3. The number of benzene rings is 3. The Hall–Kier alpha value is -5.50. The molecule has 5 rings (SSSR count). The van der Waals surface area contributed by atoms with Gasteiger partial charge < -0.3 is 20.6 Å². The molecule has 3 N–H and O–H groups in total. The molecule has 4 unspecified atom stereocenters.